The summed E-state index contributed by atoms with van der Waals surface area (Å²) >= 11 is 0. The molecule has 1 saturated carbocycles. The van der Waals surface area contributed by atoms with Gasteiger partial charge < -0.3 is 79.9 Å². The topological polar surface area (TPSA) is 269 Å². The van der Waals surface area contributed by atoms with E-state index in [0.717, 1.165) is 7.11 Å². The molecule has 11 N–H and O–H groups in total. The summed E-state index contributed by atoms with van der Waals surface area (Å²) in [5.74, 6) is 0. The molecule has 1 aliphatic carbocycles. The predicted molar refractivity (Wildman–Crippen MR) is 106 cm³/mol. The smallest absolute Gasteiger partial charge is 0.187 e. The van der Waals surface area contributed by atoms with E-state index in [2.05, 4.69) is 0 Å². The summed E-state index contributed by atoms with van der Waals surface area (Å²) in [6.07, 6.45) is -26.7. The van der Waals surface area contributed by atoms with Gasteiger partial charge in [-0.25, -0.2) is 0 Å². The minimum Gasteiger partial charge on any atom is -0.394 e. The van der Waals surface area contributed by atoms with Gasteiger partial charge >= 0.3 is 0 Å². The zero-order valence-electron chi connectivity index (χ0n) is 18.6. The molecule has 0 aromatic carbocycles. The Hall–Kier alpha value is -0.640. The van der Waals surface area contributed by atoms with Crippen LogP contribution >= 0.6 is 0 Å². The van der Waals surface area contributed by atoms with Crippen LogP contribution in [0.2, 0.25) is 0 Å². The van der Waals surface area contributed by atoms with Gasteiger partial charge in [-0.2, -0.15) is 0 Å². The number of methoxy groups -OCH3 is 1. The summed E-state index contributed by atoms with van der Waals surface area (Å²) < 4.78 is 26.3. The average molecular weight is 518 g/mol. The van der Waals surface area contributed by atoms with Crippen molar-refractivity contribution in [1.82, 2.24) is 0 Å². The molecule has 3 aliphatic rings. The third kappa shape index (κ3) is 5.63. The molecule has 0 radical (unpaired) electrons. The predicted octanol–water partition coefficient (Wildman–Crippen LogP) is -7.53. The van der Waals surface area contributed by atoms with Crippen molar-refractivity contribution < 1.29 is 79.9 Å². The van der Waals surface area contributed by atoms with Crippen molar-refractivity contribution in [2.75, 3.05) is 20.3 Å². The second-order valence-corrected chi connectivity index (χ2v) is 8.81. The maximum atomic E-state index is 10.4. The van der Waals surface area contributed by atoms with Gasteiger partial charge in [-0.1, -0.05) is 0 Å². The highest BCUT2D eigenvalue weighted by atomic mass is 16.7. The second-order valence-electron chi connectivity index (χ2n) is 8.81. The Morgan fingerprint density at radius 2 is 1.03 bits per heavy atom. The van der Waals surface area contributed by atoms with Gasteiger partial charge in [-0.05, 0) is 0 Å². The Kier molecular flexibility index (Phi) is 9.77. The highest BCUT2D eigenvalue weighted by molar-refractivity contribution is 5.01. The molecule has 2 saturated heterocycles. The Bertz CT molecular complexity index is 669. The lowest BCUT2D eigenvalue weighted by Crippen LogP contribution is -2.67. The standard InChI is InChI=1S/C19H34O16/c1-31-16-11(26)10(25)12(27)17(15(16)30)35-19-14(29)9(24)7(22)5(34-19)3-32-18-13(28)8(23)6(21)4(2-20)33-18/h4-30H,2-3H2,1H3/t4-,5-,6-,7-,8+,9+,10-,11+,12+,13-,14+,15+,16-,17+,18+,19-/m1/s1. The lowest BCUT2D eigenvalue weighted by Gasteiger charge is -2.47. The van der Waals surface area contributed by atoms with Crippen molar-refractivity contribution >= 4 is 0 Å². The molecule has 0 unspecified atom stereocenters. The molecule has 0 amide bonds. The summed E-state index contributed by atoms with van der Waals surface area (Å²) in [5, 5.41) is 110. The van der Waals surface area contributed by atoms with E-state index >= 15 is 0 Å². The monoisotopic (exact) mass is 518 g/mol. The molecule has 2 heterocycles. The number of rotatable bonds is 7. The molecule has 35 heavy (non-hydrogen) atoms. The Morgan fingerprint density at radius 3 is 1.60 bits per heavy atom. The van der Waals surface area contributed by atoms with Crippen molar-refractivity contribution in [2.24, 2.45) is 0 Å². The van der Waals surface area contributed by atoms with E-state index in [1.54, 1.807) is 0 Å². The van der Waals surface area contributed by atoms with E-state index in [1.165, 1.54) is 0 Å². The first-order valence-corrected chi connectivity index (χ1v) is 11.0. The third-order valence-corrected chi connectivity index (χ3v) is 6.55. The Labute approximate surface area is 199 Å². The van der Waals surface area contributed by atoms with Crippen LogP contribution in [0.15, 0.2) is 0 Å². The summed E-state index contributed by atoms with van der Waals surface area (Å²) in [7, 11) is 1.14. The van der Waals surface area contributed by atoms with E-state index in [4.69, 9.17) is 23.7 Å². The van der Waals surface area contributed by atoms with E-state index in [-0.39, 0.29) is 0 Å². The van der Waals surface area contributed by atoms with Crippen LogP contribution in [0.5, 0.6) is 0 Å². The van der Waals surface area contributed by atoms with Gasteiger partial charge in [-0.15, -0.1) is 0 Å². The van der Waals surface area contributed by atoms with E-state index in [0.29, 0.717) is 0 Å². The fourth-order valence-corrected chi connectivity index (χ4v) is 4.34. The van der Waals surface area contributed by atoms with Gasteiger partial charge in [-0.3, -0.25) is 0 Å². The number of hydrogen-bond donors (Lipinski definition) is 11. The van der Waals surface area contributed by atoms with Crippen molar-refractivity contribution in [1.29, 1.82) is 0 Å². The van der Waals surface area contributed by atoms with E-state index in [9.17, 15) is 56.2 Å². The molecular formula is C19H34O16. The van der Waals surface area contributed by atoms with E-state index < -0.39 is 111 Å². The lowest BCUT2D eigenvalue weighted by atomic mass is 9.84. The van der Waals surface area contributed by atoms with Crippen molar-refractivity contribution in [3.05, 3.63) is 0 Å². The molecule has 0 aromatic heterocycles. The van der Waals surface area contributed by atoms with Gasteiger partial charge in [0, 0.05) is 7.11 Å². The Balaban J connectivity index is 1.68. The SMILES string of the molecule is CO[C@H]1[C@H](O)[C@@H](O[C@H]2O[C@H](CO[C@H]3O[C@H](CO)[C@@H](O)[C@H](O)[C@H]3O)[C@@H](O)[C@H](O)[C@@H]2O)[C@@H](O)[C@H](O)[C@@H]1O. The summed E-state index contributed by atoms with van der Waals surface area (Å²) in [6.45, 7) is -1.32. The molecule has 206 valence electrons. The van der Waals surface area contributed by atoms with Crippen LogP contribution in [0.3, 0.4) is 0 Å². The highest BCUT2D eigenvalue weighted by Gasteiger charge is 2.53. The van der Waals surface area contributed by atoms with Crippen LogP contribution in [0, 0.1) is 0 Å². The van der Waals surface area contributed by atoms with Gasteiger partial charge in [0.15, 0.2) is 12.6 Å². The molecule has 0 spiro atoms. The van der Waals surface area contributed by atoms with Crippen LogP contribution in [-0.4, -0.2) is 175 Å². The quantitative estimate of drug-likeness (QED) is 0.149. The van der Waals surface area contributed by atoms with Gasteiger partial charge in [0.1, 0.15) is 85.5 Å². The number of ether oxygens (including phenoxy) is 5. The molecule has 3 rings (SSSR count). The van der Waals surface area contributed by atoms with E-state index in [1.807, 2.05) is 0 Å². The maximum Gasteiger partial charge on any atom is 0.187 e. The van der Waals surface area contributed by atoms with Crippen LogP contribution in [0.1, 0.15) is 0 Å². The van der Waals surface area contributed by atoms with Gasteiger partial charge in [0.2, 0.25) is 0 Å². The summed E-state index contributed by atoms with van der Waals surface area (Å²) in [4.78, 5) is 0. The lowest BCUT2D eigenvalue weighted by molar-refractivity contribution is -0.351. The molecular weight excluding hydrogens is 484 g/mol. The molecule has 0 bridgehead atoms. The molecule has 16 atom stereocenters. The number of aliphatic hydroxyl groups excluding tert-OH is 11. The fourth-order valence-electron chi connectivity index (χ4n) is 4.34. The highest BCUT2D eigenvalue weighted by Crippen LogP contribution is 2.31. The number of hydrogen-bond acceptors (Lipinski definition) is 16. The molecule has 16 nitrogen and oxygen atoms in total. The second kappa shape index (κ2) is 11.8. The maximum absolute atomic E-state index is 10.4. The Morgan fingerprint density at radius 1 is 0.543 bits per heavy atom. The largest absolute Gasteiger partial charge is 0.394 e. The fraction of sp³-hybridized carbons (Fsp3) is 1.00. The number of aliphatic hydroxyl groups is 11. The summed E-state index contributed by atoms with van der Waals surface area (Å²) in [6, 6.07) is 0. The van der Waals surface area contributed by atoms with Gasteiger partial charge in [0.05, 0.1) is 13.2 Å². The first kappa shape index (κ1) is 28.9. The zero-order valence-corrected chi connectivity index (χ0v) is 18.6. The van der Waals surface area contributed by atoms with Crippen LogP contribution in [-0.2, 0) is 23.7 Å². The van der Waals surface area contributed by atoms with Gasteiger partial charge in [0.25, 0.3) is 0 Å². The third-order valence-electron chi connectivity index (χ3n) is 6.55. The first-order valence-electron chi connectivity index (χ1n) is 11.0. The van der Waals surface area contributed by atoms with Crippen LogP contribution in [0.25, 0.3) is 0 Å². The molecule has 0 aromatic rings. The normalized spacial score (nSPS) is 53.5. The minimum atomic E-state index is -1.89. The molecule has 2 aliphatic heterocycles. The van der Waals surface area contributed by atoms with Crippen LogP contribution < -0.4 is 0 Å². The molecule has 3 fully saturated rings. The van der Waals surface area contributed by atoms with Crippen molar-refractivity contribution in [3.8, 4) is 0 Å². The zero-order chi connectivity index (χ0) is 26.2. The average Bonchev–Trinajstić information content (AvgIpc) is 2.84. The summed E-state index contributed by atoms with van der Waals surface area (Å²) in [5.41, 5.74) is 0. The van der Waals surface area contributed by atoms with Crippen LogP contribution in [0.4, 0.5) is 0 Å². The van der Waals surface area contributed by atoms with Crippen molar-refractivity contribution in [3.63, 3.8) is 0 Å². The first-order chi connectivity index (χ1) is 16.4. The van der Waals surface area contributed by atoms with Crippen molar-refractivity contribution in [2.45, 2.75) is 98.0 Å². The minimum absolute atomic E-state index is 0.620. The molecule has 16 heteroatoms.